The number of H-pyrrole nitrogens is 1. The molecule has 2 aliphatic heterocycles. The highest BCUT2D eigenvalue weighted by Gasteiger charge is 2.48. The zero-order chi connectivity index (χ0) is 27.2. The van der Waals surface area contributed by atoms with E-state index in [1.807, 2.05) is 75.7 Å². The highest BCUT2D eigenvalue weighted by molar-refractivity contribution is 5.93. The van der Waals surface area contributed by atoms with Crippen molar-refractivity contribution in [2.75, 3.05) is 26.2 Å². The molecule has 3 aromatic rings. The topological polar surface area (TPSA) is 107 Å². The summed E-state index contributed by atoms with van der Waals surface area (Å²) in [5.74, 6) is 0.299. The van der Waals surface area contributed by atoms with Gasteiger partial charge in [-0.25, -0.2) is 18.9 Å². The summed E-state index contributed by atoms with van der Waals surface area (Å²) in [5, 5.41) is 11.0. The molecule has 0 bridgehead atoms. The summed E-state index contributed by atoms with van der Waals surface area (Å²) in [6, 6.07) is -0.695. The molecule has 0 radical (unpaired) electrons. The molecule has 3 unspecified atom stereocenters. The Kier molecular flexibility index (Phi) is 6.75. The molecule has 0 spiro atoms. The van der Waals surface area contributed by atoms with Crippen molar-refractivity contribution < 1.29 is 13.8 Å². The average Bonchev–Trinajstić information content (AvgIpc) is 3.67. The number of amidine groups is 1. The summed E-state index contributed by atoms with van der Waals surface area (Å²) in [4.78, 5) is 28.0. The highest BCUT2D eigenvalue weighted by atomic mass is 19.1. The van der Waals surface area contributed by atoms with E-state index in [2.05, 4.69) is 25.7 Å². The molecular formula is C27H39FN9O+. The molecule has 1 saturated heterocycles. The summed E-state index contributed by atoms with van der Waals surface area (Å²) >= 11 is 0. The van der Waals surface area contributed by atoms with Gasteiger partial charge in [0.15, 0.2) is 11.2 Å². The van der Waals surface area contributed by atoms with Crippen LogP contribution >= 0.6 is 0 Å². The number of likely N-dealkylation sites (tertiary alicyclic amines) is 1. The van der Waals surface area contributed by atoms with Gasteiger partial charge in [0, 0.05) is 49.4 Å². The first-order valence-electron chi connectivity index (χ1n) is 13.4. The van der Waals surface area contributed by atoms with Crippen LogP contribution in [-0.2, 0) is 18.4 Å². The molecule has 204 valence electrons. The zero-order valence-electron chi connectivity index (χ0n) is 23.2. The SMILES string of the molecule is CCn1cc(-c2c[n+](C)c3[nH]cc(C(C)NC(C(=O)N4CCC(F)(C5=NCCN5)C4)C(C)(C)C)c3n2)cn1. The lowest BCUT2D eigenvalue weighted by atomic mass is 9.85. The van der Waals surface area contributed by atoms with E-state index in [0.29, 0.717) is 25.5 Å². The number of aromatic amines is 1. The molecule has 0 aliphatic carbocycles. The second-order valence-electron chi connectivity index (χ2n) is 11.6. The van der Waals surface area contributed by atoms with E-state index in [9.17, 15) is 4.79 Å². The molecule has 10 nitrogen and oxygen atoms in total. The predicted octanol–water partition coefficient (Wildman–Crippen LogP) is 2.28. The van der Waals surface area contributed by atoms with Crippen molar-refractivity contribution in [3.05, 3.63) is 30.4 Å². The van der Waals surface area contributed by atoms with Gasteiger partial charge in [0.2, 0.25) is 5.91 Å². The number of aromatic nitrogens is 5. The van der Waals surface area contributed by atoms with Crippen LogP contribution in [0.1, 0.15) is 52.6 Å². The van der Waals surface area contributed by atoms with E-state index < -0.39 is 11.7 Å². The van der Waals surface area contributed by atoms with Gasteiger partial charge in [0.1, 0.15) is 17.7 Å². The number of nitrogens with one attached hydrogen (secondary N) is 3. The molecule has 11 heteroatoms. The smallest absolute Gasteiger partial charge is 0.305 e. The Hall–Kier alpha value is -3.34. The van der Waals surface area contributed by atoms with Crippen LogP contribution in [0.4, 0.5) is 4.39 Å². The maximum absolute atomic E-state index is 15.7. The van der Waals surface area contributed by atoms with Gasteiger partial charge in [-0.2, -0.15) is 5.10 Å². The fourth-order valence-electron chi connectivity index (χ4n) is 5.41. The molecule has 3 N–H and O–H groups in total. The molecule has 2 aliphatic rings. The van der Waals surface area contributed by atoms with Crippen molar-refractivity contribution >= 4 is 22.9 Å². The van der Waals surface area contributed by atoms with E-state index >= 15 is 4.39 Å². The third-order valence-corrected chi connectivity index (χ3v) is 7.64. The second-order valence-corrected chi connectivity index (χ2v) is 11.6. The number of nitrogens with zero attached hydrogens (tertiary/aromatic N) is 6. The van der Waals surface area contributed by atoms with E-state index in [1.165, 1.54) is 0 Å². The van der Waals surface area contributed by atoms with Gasteiger partial charge >= 0.3 is 5.65 Å². The Balaban J connectivity index is 1.40. The lowest BCUT2D eigenvalue weighted by Crippen LogP contribution is -2.54. The van der Waals surface area contributed by atoms with Crippen LogP contribution in [-0.4, -0.2) is 74.3 Å². The van der Waals surface area contributed by atoms with Crippen molar-refractivity contribution in [2.45, 2.75) is 65.3 Å². The maximum Gasteiger partial charge on any atom is 0.305 e. The highest BCUT2D eigenvalue weighted by Crippen LogP contribution is 2.32. The third kappa shape index (κ3) is 4.79. The monoisotopic (exact) mass is 524 g/mol. The van der Waals surface area contributed by atoms with Gasteiger partial charge in [0.05, 0.1) is 38.6 Å². The van der Waals surface area contributed by atoms with Gasteiger partial charge in [-0.05, 0) is 19.3 Å². The van der Waals surface area contributed by atoms with E-state index in [-0.39, 0.29) is 30.3 Å². The van der Waals surface area contributed by atoms with Crippen molar-refractivity contribution in [3.8, 4) is 11.3 Å². The minimum Gasteiger partial charge on any atom is -0.369 e. The first-order valence-corrected chi connectivity index (χ1v) is 13.4. The molecule has 0 saturated carbocycles. The number of aryl methyl sites for hydroxylation is 2. The quantitative estimate of drug-likeness (QED) is 0.411. The fourth-order valence-corrected chi connectivity index (χ4v) is 5.41. The van der Waals surface area contributed by atoms with Crippen molar-refractivity contribution in [1.29, 1.82) is 0 Å². The van der Waals surface area contributed by atoms with Crippen LogP contribution in [0.2, 0.25) is 0 Å². The molecule has 1 amide bonds. The van der Waals surface area contributed by atoms with E-state index in [4.69, 9.17) is 4.98 Å². The summed E-state index contributed by atoms with van der Waals surface area (Å²) in [7, 11) is 1.98. The second kappa shape index (κ2) is 9.76. The number of carbonyl (C=O) groups is 1. The summed E-state index contributed by atoms with van der Waals surface area (Å²) in [5.41, 5.74) is 2.49. The number of rotatable bonds is 7. The average molecular weight is 525 g/mol. The number of amides is 1. The van der Waals surface area contributed by atoms with Gasteiger partial charge in [-0.1, -0.05) is 20.8 Å². The van der Waals surface area contributed by atoms with Crippen LogP contribution in [0.3, 0.4) is 0 Å². The number of hydrogen-bond donors (Lipinski definition) is 3. The Bertz CT molecular complexity index is 1370. The van der Waals surface area contributed by atoms with Crippen LogP contribution in [0.15, 0.2) is 29.8 Å². The Labute approximate surface area is 222 Å². The lowest BCUT2D eigenvalue weighted by molar-refractivity contribution is -0.646. The normalized spacial score (nSPS) is 21.6. The van der Waals surface area contributed by atoms with Crippen LogP contribution in [0.25, 0.3) is 22.4 Å². The Morgan fingerprint density at radius 3 is 2.82 bits per heavy atom. The van der Waals surface area contributed by atoms with E-state index in [1.54, 1.807) is 4.90 Å². The van der Waals surface area contributed by atoms with Gasteiger partial charge in [-0.15, -0.1) is 0 Å². The van der Waals surface area contributed by atoms with E-state index in [0.717, 1.165) is 34.5 Å². The lowest BCUT2D eigenvalue weighted by Gasteiger charge is -2.35. The summed E-state index contributed by atoms with van der Waals surface area (Å²) in [6.45, 7) is 12.6. The standard InChI is InChI=1S/C27H38FN9O/c1-7-37-14-18(12-32-37)20-15-35(6)23-21(34-20)19(13-31-23)17(2)33-22(26(3,4)5)24(38)36-11-8-27(28,16-36)25-29-9-10-30-25/h12-15,17,22,33H,7-11,16H2,1-6H3,(H,29,30)/p+1. The molecule has 5 rings (SSSR count). The summed E-state index contributed by atoms with van der Waals surface area (Å²) in [6.07, 6.45) is 8.01. The number of alkyl halides is 1. The minimum absolute atomic E-state index is 0.0274. The largest absolute Gasteiger partial charge is 0.369 e. The summed E-state index contributed by atoms with van der Waals surface area (Å²) < 4.78 is 19.6. The van der Waals surface area contributed by atoms with Gasteiger partial charge < -0.3 is 10.2 Å². The molecule has 38 heavy (non-hydrogen) atoms. The first-order chi connectivity index (χ1) is 18.0. The van der Waals surface area contributed by atoms with Crippen LogP contribution < -0.4 is 15.2 Å². The number of carbonyl (C=O) groups excluding carboxylic acids is 1. The number of halogens is 1. The zero-order valence-corrected chi connectivity index (χ0v) is 23.2. The van der Waals surface area contributed by atoms with Crippen molar-refractivity contribution in [2.24, 2.45) is 17.5 Å². The van der Waals surface area contributed by atoms with Gasteiger partial charge in [-0.3, -0.25) is 19.8 Å². The minimum atomic E-state index is -1.60. The number of hydrogen-bond acceptors (Lipinski definition) is 6. The van der Waals surface area contributed by atoms with Gasteiger partial charge in [0.25, 0.3) is 0 Å². The molecule has 0 aromatic carbocycles. The Morgan fingerprint density at radius 1 is 1.37 bits per heavy atom. The third-order valence-electron chi connectivity index (χ3n) is 7.64. The Morgan fingerprint density at radius 2 is 2.16 bits per heavy atom. The van der Waals surface area contributed by atoms with Crippen LogP contribution in [0, 0.1) is 5.41 Å². The van der Waals surface area contributed by atoms with Crippen molar-refractivity contribution in [3.63, 3.8) is 0 Å². The molecule has 3 aromatic heterocycles. The number of aliphatic imine (C=N–C) groups is 1. The molecule has 1 fully saturated rings. The molecule has 3 atom stereocenters. The first kappa shape index (κ1) is 26.3. The molecule has 5 heterocycles. The van der Waals surface area contributed by atoms with Crippen molar-refractivity contribution in [1.82, 2.24) is 35.3 Å². The maximum atomic E-state index is 15.7. The predicted molar refractivity (Wildman–Crippen MR) is 144 cm³/mol. The fraction of sp³-hybridized carbons (Fsp3) is 0.593. The van der Waals surface area contributed by atoms with Crippen LogP contribution in [0.5, 0.6) is 0 Å². The number of fused-ring (bicyclic) bond motifs is 1. The molecular weight excluding hydrogens is 485 g/mol.